The first-order chi connectivity index (χ1) is 5.74. The minimum atomic E-state index is -0.412. The minimum absolute atomic E-state index is 0.00231. The molecule has 4 nitrogen and oxygen atoms in total. The van der Waals surface area contributed by atoms with Crippen molar-refractivity contribution in [1.29, 1.82) is 0 Å². The van der Waals surface area contributed by atoms with E-state index >= 15 is 0 Å². The van der Waals surface area contributed by atoms with Crippen LogP contribution in [0.3, 0.4) is 0 Å². The van der Waals surface area contributed by atoms with Gasteiger partial charge in [0.1, 0.15) is 0 Å². The Balaban J connectivity index is 2.55. The highest BCUT2D eigenvalue weighted by molar-refractivity contribution is 8.15. The molecule has 0 bridgehead atoms. The molecule has 0 radical (unpaired) electrons. The molecular weight excluding hydrogens is 178 g/mol. The maximum atomic E-state index is 11.1. The number of thioether (sulfide) groups is 1. The van der Waals surface area contributed by atoms with E-state index in [1.165, 1.54) is 18.9 Å². The second-order valence-corrected chi connectivity index (χ2v) is 3.28. The van der Waals surface area contributed by atoms with Crippen molar-refractivity contribution in [3.8, 4) is 0 Å². The molecule has 66 valence electrons. The zero-order valence-electron chi connectivity index (χ0n) is 6.70. The van der Waals surface area contributed by atoms with E-state index in [-0.39, 0.29) is 11.5 Å². The number of hydrogen-bond acceptors (Lipinski definition) is 5. The quantitative estimate of drug-likeness (QED) is 0.582. The summed E-state index contributed by atoms with van der Waals surface area (Å²) in [6.45, 7) is 0.614. The molecule has 1 heterocycles. The summed E-state index contributed by atoms with van der Waals surface area (Å²) in [7, 11) is 1.29. The van der Waals surface area contributed by atoms with Crippen molar-refractivity contribution in [2.45, 2.75) is 6.42 Å². The lowest BCUT2D eigenvalue weighted by atomic mass is 10.3. The average molecular weight is 187 g/mol. The van der Waals surface area contributed by atoms with Gasteiger partial charge < -0.3 is 4.74 Å². The number of methoxy groups -OCH3 is 1. The van der Waals surface area contributed by atoms with Crippen molar-refractivity contribution in [1.82, 2.24) is 0 Å². The van der Waals surface area contributed by atoms with Crippen LogP contribution in [-0.4, -0.2) is 36.2 Å². The van der Waals surface area contributed by atoms with Gasteiger partial charge in [0.2, 0.25) is 5.12 Å². The SMILES string of the molecule is COC(=O)CC1=NCCSC1=O. The molecule has 0 fully saturated rings. The summed E-state index contributed by atoms with van der Waals surface area (Å²) in [5.41, 5.74) is 0.332. The molecule has 1 rings (SSSR count). The molecule has 12 heavy (non-hydrogen) atoms. The van der Waals surface area contributed by atoms with E-state index in [9.17, 15) is 9.59 Å². The van der Waals surface area contributed by atoms with Crippen LogP contribution in [0.25, 0.3) is 0 Å². The van der Waals surface area contributed by atoms with E-state index < -0.39 is 5.97 Å². The lowest BCUT2D eigenvalue weighted by molar-refractivity contribution is -0.139. The molecule has 0 unspecified atom stereocenters. The number of carbonyl (C=O) groups is 2. The fraction of sp³-hybridized carbons (Fsp3) is 0.571. The maximum absolute atomic E-state index is 11.1. The molecule has 0 saturated carbocycles. The van der Waals surface area contributed by atoms with Gasteiger partial charge in [-0.05, 0) is 0 Å². The van der Waals surface area contributed by atoms with Crippen LogP contribution < -0.4 is 0 Å². The molecule has 0 aliphatic carbocycles. The van der Waals surface area contributed by atoms with Crippen LogP contribution >= 0.6 is 11.8 Å². The van der Waals surface area contributed by atoms with Crippen molar-refractivity contribution >= 4 is 28.6 Å². The van der Waals surface area contributed by atoms with Gasteiger partial charge >= 0.3 is 5.97 Å². The van der Waals surface area contributed by atoms with Gasteiger partial charge in [0.15, 0.2) is 0 Å². The Hall–Kier alpha value is -0.840. The van der Waals surface area contributed by atoms with E-state index in [4.69, 9.17) is 0 Å². The van der Waals surface area contributed by atoms with Crippen molar-refractivity contribution in [2.75, 3.05) is 19.4 Å². The third-order valence-corrected chi connectivity index (χ3v) is 2.29. The van der Waals surface area contributed by atoms with Crippen LogP contribution in [0.15, 0.2) is 4.99 Å². The number of esters is 1. The van der Waals surface area contributed by atoms with Crippen molar-refractivity contribution in [3.63, 3.8) is 0 Å². The van der Waals surface area contributed by atoms with Crippen LogP contribution in [0.1, 0.15) is 6.42 Å². The molecule has 0 atom stereocenters. The molecule has 1 aliphatic heterocycles. The third kappa shape index (κ3) is 2.34. The van der Waals surface area contributed by atoms with Crippen LogP contribution in [0.2, 0.25) is 0 Å². The Morgan fingerprint density at radius 1 is 1.75 bits per heavy atom. The molecule has 5 heteroatoms. The van der Waals surface area contributed by atoms with E-state index in [0.29, 0.717) is 18.0 Å². The predicted molar refractivity (Wildman–Crippen MR) is 46.4 cm³/mol. The van der Waals surface area contributed by atoms with Gasteiger partial charge in [0, 0.05) is 12.3 Å². The Bertz CT molecular complexity index is 237. The molecule has 0 saturated heterocycles. The average Bonchev–Trinajstić information content (AvgIpc) is 2.09. The first kappa shape index (κ1) is 9.25. The summed E-state index contributed by atoms with van der Waals surface area (Å²) < 4.78 is 4.42. The molecule has 1 aliphatic rings. The zero-order valence-corrected chi connectivity index (χ0v) is 7.52. The van der Waals surface area contributed by atoms with Gasteiger partial charge in [-0.25, -0.2) is 0 Å². The number of ether oxygens (including phenoxy) is 1. The van der Waals surface area contributed by atoms with Crippen LogP contribution in [0, 0.1) is 0 Å². The highest BCUT2D eigenvalue weighted by atomic mass is 32.2. The lowest BCUT2D eigenvalue weighted by Gasteiger charge is -2.08. The Kier molecular flexibility index (Phi) is 3.28. The third-order valence-electron chi connectivity index (χ3n) is 1.40. The number of carbonyl (C=O) groups excluding carboxylic acids is 2. The van der Waals surface area contributed by atoms with Crippen LogP contribution in [0.4, 0.5) is 0 Å². The highest BCUT2D eigenvalue weighted by Crippen LogP contribution is 2.11. The maximum Gasteiger partial charge on any atom is 0.311 e. The Morgan fingerprint density at radius 3 is 3.08 bits per heavy atom. The monoisotopic (exact) mass is 187 g/mol. The molecule has 0 N–H and O–H groups in total. The fourth-order valence-electron chi connectivity index (χ4n) is 0.804. The van der Waals surface area contributed by atoms with Gasteiger partial charge in [-0.1, -0.05) is 11.8 Å². The summed E-state index contributed by atoms with van der Waals surface area (Å²) >= 11 is 1.20. The molecule has 0 amide bonds. The number of nitrogens with zero attached hydrogens (tertiary/aromatic N) is 1. The number of hydrogen-bond donors (Lipinski definition) is 0. The minimum Gasteiger partial charge on any atom is -0.469 e. The molecule has 0 aromatic carbocycles. The Labute approximate surface area is 74.4 Å². The largest absolute Gasteiger partial charge is 0.469 e. The normalized spacial score (nSPS) is 17.1. The van der Waals surface area contributed by atoms with E-state index in [2.05, 4.69) is 9.73 Å². The molecule has 0 aromatic rings. The first-order valence-electron chi connectivity index (χ1n) is 3.51. The molecular formula is C7H9NO3S. The van der Waals surface area contributed by atoms with Crippen molar-refractivity contribution < 1.29 is 14.3 Å². The summed E-state index contributed by atoms with van der Waals surface area (Å²) in [6, 6.07) is 0. The second-order valence-electron chi connectivity index (χ2n) is 2.22. The zero-order chi connectivity index (χ0) is 8.97. The second kappa shape index (κ2) is 4.25. The first-order valence-corrected chi connectivity index (χ1v) is 4.50. The fourth-order valence-corrected chi connectivity index (χ4v) is 1.48. The van der Waals surface area contributed by atoms with Gasteiger partial charge in [-0.2, -0.15) is 0 Å². The highest BCUT2D eigenvalue weighted by Gasteiger charge is 2.19. The predicted octanol–water partition coefficient (Wildman–Crippen LogP) is 0.264. The molecule has 0 aromatic heterocycles. The smallest absolute Gasteiger partial charge is 0.311 e. The summed E-state index contributed by atoms with van der Waals surface area (Å²) in [5.74, 6) is 0.299. The summed E-state index contributed by atoms with van der Waals surface area (Å²) in [5, 5.41) is -0.105. The number of rotatable bonds is 2. The van der Waals surface area contributed by atoms with Gasteiger partial charge in [0.05, 0.1) is 19.2 Å². The van der Waals surface area contributed by atoms with Crippen molar-refractivity contribution in [3.05, 3.63) is 0 Å². The standard InChI is InChI=1S/C7H9NO3S/c1-11-6(9)4-5-7(10)12-3-2-8-5/h2-4H2,1H3. The van der Waals surface area contributed by atoms with Gasteiger partial charge in [0.25, 0.3) is 0 Å². The van der Waals surface area contributed by atoms with Gasteiger partial charge in [-0.3, -0.25) is 14.6 Å². The Morgan fingerprint density at radius 2 is 2.50 bits per heavy atom. The lowest BCUT2D eigenvalue weighted by Crippen LogP contribution is -2.21. The van der Waals surface area contributed by atoms with E-state index in [1.54, 1.807) is 0 Å². The topological polar surface area (TPSA) is 55.7 Å². The summed E-state index contributed by atoms with van der Waals surface area (Å²) in [4.78, 5) is 25.8. The van der Waals surface area contributed by atoms with E-state index in [0.717, 1.165) is 0 Å². The van der Waals surface area contributed by atoms with E-state index in [1.807, 2.05) is 0 Å². The van der Waals surface area contributed by atoms with Crippen molar-refractivity contribution in [2.24, 2.45) is 4.99 Å². The summed E-state index contributed by atoms with van der Waals surface area (Å²) in [6.07, 6.45) is 0.00231. The van der Waals surface area contributed by atoms with Gasteiger partial charge in [-0.15, -0.1) is 0 Å². The number of aliphatic imine (C=N–C) groups is 1. The van der Waals surface area contributed by atoms with Crippen LogP contribution in [0.5, 0.6) is 0 Å². The molecule has 0 spiro atoms. The van der Waals surface area contributed by atoms with Crippen LogP contribution in [-0.2, 0) is 14.3 Å².